The Morgan fingerprint density at radius 1 is 1.03 bits per heavy atom. The van der Waals surface area contributed by atoms with Crippen molar-refractivity contribution in [3.05, 3.63) is 42.5 Å². The molecule has 2 atom stereocenters. The van der Waals surface area contributed by atoms with Crippen molar-refractivity contribution in [3.8, 4) is 0 Å². The number of urea groups is 1. The Labute approximate surface area is 211 Å². The molecule has 0 spiro atoms. The van der Waals surface area contributed by atoms with E-state index >= 15 is 0 Å². The molecule has 2 aliphatic rings. The van der Waals surface area contributed by atoms with E-state index in [4.69, 9.17) is 10.5 Å². The normalized spacial score (nSPS) is 20.6. The van der Waals surface area contributed by atoms with Crippen molar-refractivity contribution >= 4 is 28.7 Å². The molecular formula is C26H36N8O2. The van der Waals surface area contributed by atoms with Crippen molar-refractivity contribution in [2.24, 2.45) is 0 Å². The molecule has 3 aromatic rings. The maximum absolute atomic E-state index is 12.2. The number of nitrogens with one attached hydrogen (secondary N) is 3. The zero-order valence-corrected chi connectivity index (χ0v) is 20.7. The van der Waals surface area contributed by atoms with Crippen molar-refractivity contribution in [2.45, 2.75) is 69.6 Å². The van der Waals surface area contributed by atoms with Gasteiger partial charge >= 0.3 is 6.03 Å². The third-order valence-corrected chi connectivity index (χ3v) is 7.22. The van der Waals surface area contributed by atoms with Crippen LogP contribution in [0.15, 0.2) is 36.9 Å². The van der Waals surface area contributed by atoms with Crippen molar-refractivity contribution in [3.63, 3.8) is 0 Å². The van der Waals surface area contributed by atoms with Crippen LogP contribution in [0.5, 0.6) is 0 Å². The number of rotatable bonds is 9. The first kappa shape index (κ1) is 24.5. The van der Waals surface area contributed by atoms with Crippen LogP contribution in [-0.4, -0.2) is 51.3 Å². The van der Waals surface area contributed by atoms with Crippen LogP contribution in [0.2, 0.25) is 0 Å². The highest BCUT2D eigenvalue weighted by Crippen LogP contribution is 2.33. The first-order chi connectivity index (χ1) is 17.7. The lowest BCUT2D eigenvalue weighted by molar-refractivity contribution is 0.00501. The lowest BCUT2D eigenvalue weighted by Crippen LogP contribution is -2.33. The number of anilines is 2. The predicted octanol–water partition coefficient (Wildman–Crippen LogP) is 3.94. The van der Waals surface area contributed by atoms with Crippen LogP contribution in [0, 0.1) is 0 Å². The Balaban J connectivity index is 0.960. The number of carbonyl (C=O) groups excluding carboxylic acids is 1. The van der Waals surface area contributed by atoms with Crippen LogP contribution >= 0.6 is 0 Å². The second-order valence-corrected chi connectivity index (χ2v) is 9.77. The van der Waals surface area contributed by atoms with E-state index in [1.165, 1.54) is 44.0 Å². The zero-order valence-electron chi connectivity index (χ0n) is 20.7. The molecule has 0 unspecified atom stereocenters. The van der Waals surface area contributed by atoms with E-state index in [2.05, 4.69) is 43.0 Å². The van der Waals surface area contributed by atoms with Gasteiger partial charge in [-0.3, -0.25) is 4.57 Å². The van der Waals surface area contributed by atoms with E-state index in [1.54, 1.807) is 6.33 Å². The van der Waals surface area contributed by atoms with Crippen LogP contribution < -0.4 is 21.7 Å². The van der Waals surface area contributed by atoms with E-state index in [0.717, 1.165) is 38.0 Å². The first-order valence-electron chi connectivity index (χ1n) is 13.1. The fourth-order valence-electron chi connectivity index (χ4n) is 5.25. The number of carbonyl (C=O) groups is 1. The molecule has 10 nitrogen and oxygen atoms in total. The molecule has 3 heterocycles. The molecule has 1 aliphatic carbocycles. The van der Waals surface area contributed by atoms with Crippen LogP contribution in [0.1, 0.15) is 69.1 Å². The molecule has 1 saturated carbocycles. The molecule has 192 valence electrons. The van der Waals surface area contributed by atoms with E-state index in [-0.39, 0.29) is 18.4 Å². The number of hydrogen-bond acceptors (Lipinski definition) is 7. The van der Waals surface area contributed by atoms with Crippen LogP contribution in [0.4, 0.5) is 16.3 Å². The molecule has 2 aromatic heterocycles. The zero-order chi connectivity index (χ0) is 24.7. The second-order valence-electron chi connectivity index (χ2n) is 9.77. The van der Waals surface area contributed by atoms with E-state index in [0.29, 0.717) is 29.4 Å². The number of amides is 2. The largest absolute Gasteiger partial charge is 0.382 e. The molecule has 1 saturated heterocycles. The Hall–Kier alpha value is -3.24. The molecule has 5 N–H and O–H groups in total. The van der Waals surface area contributed by atoms with Gasteiger partial charge in [0.15, 0.2) is 11.5 Å². The third-order valence-electron chi connectivity index (χ3n) is 7.22. The molecule has 1 aliphatic heterocycles. The number of nitrogen functional groups attached to an aromatic ring is 1. The van der Waals surface area contributed by atoms with Gasteiger partial charge in [0, 0.05) is 18.8 Å². The van der Waals surface area contributed by atoms with Gasteiger partial charge in [-0.2, -0.15) is 0 Å². The van der Waals surface area contributed by atoms with E-state index in [9.17, 15) is 4.79 Å². The van der Waals surface area contributed by atoms with Crippen molar-refractivity contribution in [1.29, 1.82) is 0 Å². The summed E-state index contributed by atoms with van der Waals surface area (Å²) in [6, 6.07) is 8.16. The minimum absolute atomic E-state index is 0.0989. The molecule has 0 bridgehead atoms. The summed E-state index contributed by atoms with van der Waals surface area (Å²) in [5, 5.41) is 9.29. The average molecular weight is 493 g/mol. The van der Waals surface area contributed by atoms with Gasteiger partial charge in [0.2, 0.25) is 0 Å². The van der Waals surface area contributed by atoms with Crippen LogP contribution in [-0.2, 0) is 4.74 Å². The number of fused-ring (bicyclic) bond motifs is 1. The smallest absolute Gasteiger partial charge is 0.319 e. The lowest BCUT2D eigenvalue weighted by atomic mass is 9.84. The summed E-state index contributed by atoms with van der Waals surface area (Å²) < 4.78 is 8.12. The number of nitrogens with two attached hydrogens (primary N) is 1. The maximum atomic E-state index is 12.2. The van der Waals surface area contributed by atoms with Gasteiger partial charge in [-0.15, -0.1) is 0 Å². The van der Waals surface area contributed by atoms with Gasteiger partial charge in [-0.05, 0) is 62.3 Å². The highest BCUT2D eigenvalue weighted by atomic mass is 16.5. The van der Waals surface area contributed by atoms with Crippen molar-refractivity contribution in [2.75, 3.05) is 30.7 Å². The van der Waals surface area contributed by atoms with Crippen molar-refractivity contribution < 1.29 is 9.53 Å². The number of benzene rings is 1. The van der Waals surface area contributed by atoms with Crippen LogP contribution in [0.3, 0.4) is 0 Å². The fraction of sp³-hybridized carbons (Fsp3) is 0.538. The van der Waals surface area contributed by atoms with Gasteiger partial charge < -0.3 is 26.4 Å². The summed E-state index contributed by atoms with van der Waals surface area (Å²) in [5.41, 5.74) is 9.41. The minimum atomic E-state index is -0.167. The molecule has 5 rings (SSSR count). The summed E-state index contributed by atoms with van der Waals surface area (Å²) in [7, 11) is 0. The molecular weight excluding hydrogens is 456 g/mol. The SMILES string of the molecule is Nc1ncnc2c1ncn2[C@H]1CC[C@@H](CNCCCNC(=O)Nc2ccc(C3CCCCC3)cc2)O1. The Kier molecular flexibility index (Phi) is 7.92. The number of ether oxygens (including phenoxy) is 1. The van der Waals surface area contributed by atoms with Gasteiger partial charge in [-0.25, -0.2) is 19.7 Å². The molecule has 1 aromatic carbocycles. The molecule has 0 radical (unpaired) electrons. The lowest BCUT2D eigenvalue weighted by Gasteiger charge is -2.22. The fourth-order valence-corrected chi connectivity index (χ4v) is 5.25. The molecule has 36 heavy (non-hydrogen) atoms. The summed E-state index contributed by atoms with van der Waals surface area (Å²) in [6.07, 6.45) is 12.5. The topological polar surface area (TPSA) is 132 Å². The Morgan fingerprint density at radius 3 is 2.69 bits per heavy atom. The Bertz CT molecular complexity index is 1140. The summed E-state index contributed by atoms with van der Waals surface area (Å²) >= 11 is 0. The molecule has 2 amide bonds. The minimum Gasteiger partial charge on any atom is -0.382 e. The van der Waals surface area contributed by atoms with Crippen molar-refractivity contribution in [1.82, 2.24) is 30.2 Å². The highest BCUT2D eigenvalue weighted by molar-refractivity contribution is 5.89. The number of hydrogen-bond donors (Lipinski definition) is 4. The van der Waals surface area contributed by atoms with Crippen LogP contribution in [0.25, 0.3) is 11.2 Å². The Morgan fingerprint density at radius 2 is 1.86 bits per heavy atom. The summed E-state index contributed by atoms with van der Waals surface area (Å²) in [5.74, 6) is 1.05. The van der Waals surface area contributed by atoms with Gasteiger partial charge in [0.25, 0.3) is 0 Å². The summed E-state index contributed by atoms with van der Waals surface area (Å²) in [4.78, 5) is 24.8. The standard InChI is InChI=1S/C26H36N8O2/c27-24-23-25(31-16-30-24)34(17-32-23)22-12-11-21(36-22)15-28-13-4-14-29-26(35)33-20-9-7-19(8-10-20)18-5-2-1-3-6-18/h7-10,16-18,21-22,28H,1-6,11-15H2,(H2,27,30,31)(H2,29,33,35)/t21-,22+/m0/s1. The third kappa shape index (κ3) is 5.93. The van der Waals surface area contributed by atoms with Gasteiger partial charge in [0.1, 0.15) is 18.1 Å². The maximum Gasteiger partial charge on any atom is 0.319 e. The highest BCUT2D eigenvalue weighted by Gasteiger charge is 2.28. The second kappa shape index (κ2) is 11.7. The molecule has 10 heteroatoms. The predicted molar refractivity (Wildman–Crippen MR) is 140 cm³/mol. The first-order valence-corrected chi connectivity index (χ1v) is 13.1. The number of nitrogens with zero attached hydrogens (tertiary/aromatic N) is 4. The monoisotopic (exact) mass is 492 g/mol. The van der Waals surface area contributed by atoms with Gasteiger partial charge in [0.05, 0.1) is 12.4 Å². The van der Waals surface area contributed by atoms with E-state index in [1.807, 2.05) is 16.7 Å². The number of imidazole rings is 1. The quantitative estimate of drug-likeness (QED) is 0.333. The molecule has 2 fully saturated rings. The van der Waals surface area contributed by atoms with E-state index < -0.39 is 0 Å². The number of aromatic nitrogens is 4. The van der Waals surface area contributed by atoms with Gasteiger partial charge in [-0.1, -0.05) is 31.4 Å². The average Bonchev–Trinajstić information content (AvgIpc) is 3.55. The summed E-state index contributed by atoms with van der Waals surface area (Å²) in [6.45, 7) is 2.17.